The molecule has 2 aromatic rings. The normalized spacial score (nSPS) is 11.0. The molecule has 25 heavy (non-hydrogen) atoms. The number of likely N-dealkylation sites (N-methyl/N-ethyl adjacent to an activating group) is 1. The van der Waals surface area contributed by atoms with Crippen LogP contribution in [0.2, 0.25) is 0 Å². The lowest BCUT2D eigenvalue weighted by Crippen LogP contribution is -2.34. The third-order valence-corrected chi connectivity index (χ3v) is 3.72. The van der Waals surface area contributed by atoms with Crippen LogP contribution in [0.15, 0.2) is 10.6 Å². The van der Waals surface area contributed by atoms with Crippen molar-refractivity contribution in [3.63, 3.8) is 0 Å². The van der Waals surface area contributed by atoms with Crippen LogP contribution in [0.4, 0.5) is 5.82 Å². The molecule has 0 bridgehead atoms. The fourth-order valence-electron chi connectivity index (χ4n) is 2.23. The summed E-state index contributed by atoms with van der Waals surface area (Å²) in [4.78, 5) is 28.3. The largest absolute Gasteiger partial charge is 0.390 e. The third-order valence-electron chi connectivity index (χ3n) is 3.72. The summed E-state index contributed by atoms with van der Waals surface area (Å²) >= 11 is 0. The zero-order valence-electron chi connectivity index (χ0n) is 14.4. The number of carbonyl (C=O) groups excluding carboxylic acids is 1. The van der Waals surface area contributed by atoms with Crippen LogP contribution < -0.4 is 5.32 Å². The maximum atomic E-state index is 12.0. The zero-order valence-corrected chi connectivity index (χ0v) is 14.4. The minimum Gasteiger partial charge on any atom is -0.358 e. The average Bonchev–Trinajstić information content (AvgIpc) is 3.19. The smallest absolute Gasteiger partial charge is 0.358 e. The molecule has 0 spiro atoms. The summed E-state index contributed by atoms with van der Waals surface area (Å²) in [6.07, 6.45) is 0. The van der Waals surface area contributed by atoms with Crippen LogP contribution >= 0.6 is 0 Å². The van der Waals surface area contributed by atoms with E-state index in [-0.39, 0.29) is 24.1 Å². The second-order valence-electron chi connectivity index (χ2n) is 5.36. The molecule has 0 atom stereocenters. The molecule has 0 saturated heterocycles. The number of rotatable bonds is 9. The predicted molar refractivity (Wildman–Crippen MR) is 87.1 cm³/mol. The number of aryl methyl sites for hydroxylation is 1. The number of aromatic nitrogens is 4. The number of amides is 1. The van der Waals surface area contributed by atoms with Crippen LogP contribution in [0.25, 0.3) is 0 Å². The van der Waals surface area contributed by atoms with Gasteiger partial charge in [-0.15, -0.1) is 0 Å². The van der Waals surface area contributed by atoms with Gasteiger partial charge in [0.1, 0.15) is 6.54 Å². The van der Waals surface area contributed by atoms with E-state index in [9.17, 15) is 14.9 Å². The lowest BCUT2D eigenvalue weighted by atomic mass is 10.4. The topological polar surface area (TPSA) is 132 Å². The van der Waals surface area contributed by atoms with Gasteiger partial charge in [0.2, 0.25) is 0 Å². The van der Waals surface area contributed by atoms with Gasteiger partial charge in [0.25, 0.3) is 0 Å². The van der Waals surface area contributed by atoms with E-state index in [0.717, 1.165) is 19.6 Å². The van der Waals surface area contributed by atoms with E-state index in [0.29, 0.717) is 12.2 Å². The minimum absolute atomic E-state index is 0.0793. The Balaban J connectivity index is 1.93. The van der Waals surface area contributed by atoms with Crippen molar-refractivity contribution in [2.75, 3.05) is 26.2 Å². The Morgan fingerprint density at radius 3 is 2.76 bits per heavy atom. The molecular formula is C14H21N7O4. The summed E-state index contributed by atoms with van der Waals surface area (Å²) in [6.45, 7) is 8.89. The highest BCUT2D eigenvalue weighted by atomic mass is 16.6. The van der Waals surface area contributed by atoms with E-state index in [2.05, 4.69) is 39.3 Å². The summed E-state index contributed by atoms with van der Waals surface area (Å²) in [5.74, 6) is -0.631. The third kappa shape index (κ3) is 4.83. The number of nitrogens with one attached hydrogen (secondary N) is 1. The molecule has 1 N–H and O–H groups in total. The Labute approximate surface area is 144 Å². The molecule has 0 radical (unpaired) electrons. The van der Waals surface area contributed by atoms with Crippen molar-refractivity contribution in [3.8, 4) is 0 Å². The van der Waals surface area contributed by atoms with Gasteiger partial charge in [0.15, 0.2) is 5.82 Å². The van der Waals surface area contributed by atoms with Gasteiger partial charge in [-0.25, -0.2) is 0 Å². The predicted octanol–water partition coefficient (Wildman–Crippen LogP) is 0.603. The molecular weight excluding hydrogens is 330 g/mol. The first-order valence-electron chi connectivity index (χ1n) is 7.96. The Morgan fingerprint density at radius 2 is 2.16 bits per heavy atom. The maximum absolute atomic E-state index is 12.0. The summed E-state index contributed by atoms with van der Waals surface area (Å²) in [7, 11) is 0. The molecule has 2 aromatic heterocycles. The van der Waals surface area contributed by atoms with E-state index in [1.54, 1.807) is 6.92 Å². The van der Waals surface area contributed by atoms with Crippen LogP contribution in [0.5, 0.6) is 0 Å². The lowest BCUT2D eigenvalue weighted by molar-refractivity contribution is -0.389. The molecule has 0 aromatic carbocycles. The summed E-state index contributed by atoms with van der Waals surface area (Å²) in [5, 5.41) is 21.0. The number of nitro groups is 1. The van der Waals surface area contributed by atoms with E-state index in [4.69, 9.17) is 4.52 Å². The summed E-state index contributed by atoms with van der Waals surface area (Å²) in [5.41, 5.74) is 0.585. The quantitative estimate of drug-likeness (QED) is 0.513. The molecule has 11 nitrogen and oxygen atoms in total. The molecule has 0 unspecified atom stereocenters. The molecule has 11 heteroatoms. The molecule has 136 valence electrons. The SMILES string of the molecule is CCN(CC)CCNC(=O)c1nc(Cn2nc([N+](=O)[O-])cc2C)no1. The summed E-state index contributed by atoms with van der Waals surface area (Å²) < 4.78 is 6.32. The van der Waals surface area contributed by atoms with E-state index in [1.165, 1.54) is 10.7 Å². The van der Waals surface area contributed by atoms with Crippen LogP contribution in [0, 0.1) is 17.0 Å². The minimum atomic E-state index is -0.575. The van der Waals surface area contributed by atoms with E-state index in [1.807, 2.05) is 0 Å². The van der Waals surface area contributed by atoms with Gasteiger partial charge < -0.3 is 24.9 Å². The highest BCUT2D eigenvalue weighted by Gasteiger charge is 2.19. The molecule has 2 rings (SSSR count). The first-order chi connectivity index (χ1) is 11.9. The highest BCUT2D eigenvalue weighted by molar-refractivity contribution is 5.89. The van der Waals surface area contributed by atoms with Crippen LogP contribution in [-0.4, -0.2) is 61.8 Å². The average molecular weight is 351 g/mol. The second-order valence-corrected chi connectivity index (χ2v) is 5.36. The van der Waals surface area contributed by atoms with Gasteiger partial charge in [-0.3, -0.25) is 4.79 Å². The number of hydrogen-bond acceptors (Lipinski definition) is 8. The fourth-order valence-corrected chi connectivity index (χ4v) is 2.23. The Morgan fingerprint density at radius 1 is 1.44 bits per heavy atom. The van der Waals surface area contributed by atoms with Crippen LogP contribution in [-0.2, 0) is 6.54 Å². The fraction of sp³-hybridized carbons (Fsp3) is 0.571. The standard InChI is InChI=1S/C14H21N7O4/c1-4-19(5-2)7-6-15-13(22)14-16-11(18-25-14)9-20-10(3)8-12(17-20)21(23)24/h8H,4-7,9H2,1-3H3,(H,15,22). The second kappa shape index (κ2) is 8.33. The Bertz CT molecular complexity index is 735. The number of nitrogens with zero attached hydrogens (tertiary/aromatic N) is 6. The molecule has 0 saturated carbocycles. The van der Waals surface area contributed by atoms with Crippen molar-refractivity contribution in [2.45, 2.75) is 27.3 Å². The van der Waals surface area contributed by atoms with Crippen molar-refractivity contribution >= 4 is 11.7 Å². The molecule has 0 aliphatic carbocycles. The molecule has 0 fully saturated rings. The van der Waals surface area contributed by atoms with Crippen molar-refractivity contribution in [1.82, 2.24) is 30.1 Å². The first-order valence-corrected chi connectivity index (χ1v) is 7.96. The Kier molecular flexibility index (Phi) is 6.17. The van der Waals surface area contributed by atoms with Gasteiger partial charge in [-0.2, -0.15) is 9.67 Å². The van der Waals surface area contributed by atoms with Crippen molar-refractivity contribution in [2.24, 2.45) is 0 Å². The van der Waals surface area contributed by atoms with Gasteiger partial charge in [0, 0.05) is 13.1 Å². The monoisotopic (exact) mass is 351 g/mol. The Hall–Kier alpha value is -2.82. The zero-order chi connectivity index (χ0) is 18.4. The highest BCUT2D eigenvalue weighted by Crippen LogP contribution is 2.12. The van der Waals surface area contributed by atoms with Crippen LogP contribution in [0.1, 0.15) is 36.1 Å². The van der Waals surface area contributed by atoms with Crippen LogP contribution in [0.3, 0.4) is 0 Å². The van der Waals surface area contributed by atoms with Crippen molar-refractivity contribution in [3.05, 3.63) is 33.6 Å². The molecule has 0 aliphatic heterocycles. The lowest BCUT2D eigenvalue weighted by Gasteiger charge is -2.17. The maximum Gasteiger partial charge on any atom is 0.390 e. The molecule has 1 amide bonds. The van der Waals surface area contributed by atoms with Gasteiger partial charge in [0.05, 0.1) is 16.9 Å². The number of carbonyl (C=O) groups is 1. The first kappa shape index (κ1) is 18.5. The van der Waals surface area contributed by atoms with E-state index >= 15 is 0 Å². The number of hydrogen-bond donors (Lipinski definition) is 1. The molecule has 2 heterocycles. The molecule has 0 aliphatic rings. The van der Waals surface area contributed by atoms with Gasteiger partial charge in [-0.05, 0) is 24.9 Å². The summed E-state index contributed by atoms with van der Waals surface area (Å²) in [6, 6.07) is 1.35. The van der Waals surface area contributed by atoms with Crippen molar-refractivity contribution in [1.29, 1.82) is 0 Å². The van der Waals surface area contributed by atoms with Gasteiger partial charge >= 0.3 is 17.6 Å². The van der Waals surface area contributed by atoms with E-state index < -0.39 is 10.8 Å². The van der Waals surface area contributed by atoms with Gasteiger partial charge in [-0.1, -0.05) is 19.0 Å². The van der Waals surface area contributed by atoms with Crippen molar-refractivity contribution < 1.29 is 14.2 Å².